The van der Waals surface area contributed by atoms with Crippen molar-refractivity contribution in [2.24, 2.45) is 0 Å². The smallest absolute Gasteiger partial charge is 0.164 e. The zero-order chi connectivity index (χ0) is 15.0. The Morgan fingerprint density at radius 2 is 2.33 bits per heavy atom. The van der Waals surface area contributed by atoms with Gasteiger partial charge < -0.3 is 15.0 Å². The Morgan fingerprint density at radius 1 is 1.52 bits per heavy atom. The second-order valence-corrected chi connectivity index (χ2v) is 5.14. The summed E-state index contributed by atoms with van der Waals surface area (Å²) in [7, 11) is 0. The van der Waals surface area contributed by atoms with Crippen LogP contribution < -0.4 is 4.90 Å². The van der Waals surface area contributed by atoms with Gasteiger partial charge in [-0.3, -0.25) is 4.79 Å². The van der Waals surface area contributed by atoms with Crippen LogP contribution in [0.5, 0.6) is 0 Å². The number of aromatic nitrogens is 2. The lowest BCUT2D eigenvalue weighted by Gasteiger charge is -2.19. The Morgan fingerprint density at radius 3 is 3.10 bits per heavy atom. The molecular formula is C16H17N3O2. The normalized spacial score (nSPS) is 15.3. The first-order valence-electron chi connectivity index (χ1n) is 6.97. The first kappa shape index (κ1) is 13.4. The van der Waals surface area contributed by atoms with Gasteiger partial charge >= 0.3 is 0 Å². The van der Waals surface area contributed by atoms with Gasteiger partial charge in [-0.15, -0.1) is 0 Å². The van der Waals surface area contributed by atoms with Crippen molar-refractivity contribution in [1.82, 2.24) is 9.97 Å². The second-order valence-electron chi connectivity index (χ2n) is 5.14. The molecular weight excluding hydrogens is 266 g/mol. The van der Waals surface area contributed by atoms with Crippen LogP contribution in [-0.4, -0.2) is 27.4 Å². The molecule has 2 aromatic rings. The number of Topliss-reactive ketones (excluding diaryl/α,β-unsaturated/α-hetero) is 1. The van der Waals surface area contributed by atoms with E-state index in [1.54, 1.807) is 6.33 Å². The molecule has 0 amide bonds. The first-order valence-corrected chi connectivity index (χ1v) is 6.97. The third-order valence-corrected chi connectivity index (χ3v) is 3.73. The zero-order valence-corrected chi connectivity index (χ0v) is 11.9. The minimum Gasteiger partial charge on any atom is -0.505 e. The van der Waals surface area contributed by atoms with Crippen molar-refractivity contribution >= 4 is 22.5 Å². The summed E-state index contributed by atoms with van der Waals surface area (Å²) in [6.07, 6.45) is 2.85. The summed E-state index contributed by atoms with van der Waals surface area (Å²) in [5, 5.41) is 10.2. The van der Waals surface area contributed by atoms with Crippen LogP contribution >= 0.6 is 0 Å². The number of aromatic amines is 1. The van der Waals surface area contributed by atoms with Gasteiger partial charge in [-0.25, -0.2) is 4.98 Å². The van der Waals surface area contributed by atoms with E-state index in [1.165, 1.54) is 0 Å². The Balaban J connectivity index is 1.91. The summed E-state index contributed by atoms with van der Waals surface area (Å²) in [4.78, 5) is 21.1. The fourth-order valence-electron chi connectivity index (χ4n) is 2.56. The number of ketones is 1. The molecule has 0 bridgehead atoms. The Labute approximate surface area is 122 Å². The minimum absolute atomic E-state index is 0.00979. The molecule has 0 radical (unpaired) electrons. The molecule has 0 atom stereocenters. The van der Waals surface area contributed by atoms with Crippen LogP contribution in [0, 0.1) is 0 Å². The molecule has 2 heterocycles. The number of aliphatic hydroxyl groups is 1. The largest absolute Gasteiger partial charge is 0.505 e. The quantitative estimate of drug-likeness (QED) is 0.904. The van der Waals surface area contributed by atoms with Crippen molar-refractivity contribution in [3.63, 3.8) is 0 Å². The highest BCUT2D eigenvalue weighted by atomic mass is 16.3. The van der Waals surface area contributed by atoms with Gasteiger partial charge in [0.25, 0.3) is 0 Å². The third-order valence-electron chi connectivity index (χ3n) is 3.73. The molecule has 0 saturated carbocycles. The molecule has 5 nitrogen and oxygen atoms in total. The zero-order valence-electron chi connectivity index (χ0n) is 11.9. The van der Waals surface area contributed by atoms with Crippen molar-refractivity contribution in [3.05, 3.63) is 48.1 Å². The van der Waals surface area contributed by atoms with Crippen LogP contribution in [0.3, 0.4) is 0 Å². The fourth-order valence-corrected chi connectivity index (χ4v) is 2.56. The maximum Gasteiger partial charge on any atom is 0.164 e. The van der Waals surface area contributed by atoms with Crippen LogP contribution in [-0.2, 0) is 4.79 Å². The highest BCUT2D eigenvalue weighted by molar-refractivity contribution is 5.99. The van der Waals surface area contributed by atoms with Crippen LogP contribution in [0.15, 0.2) is 48.1 Å². The molecule has 1 aliphatic heterocycles. The molecule has 21 heavy (non-hydrogen) atoms. The van der Waals surface area contributed by atoms with E-state index < -0.39 is 0 Å². The predicted molar refractivity (Wildman–Crippen MR) is 82.1 cm³/mol. The molecule has 0 unspecified atom stereocenters. The number of nitrogens with zero attached hydrogens (tertiary/aromatic N) is 2. The molecule has 1 aromatic heterocycles. The van der Waals surface area contributed by atoms with Gasteiger partial charge in [-0.05, 0) is 24.6 Å². The van der Waals surface area contributed by atoms with Gasteiger partial charge in [0, 0.05) is 12.1 Å². The number of anilines is 1. The average Bonchev–Trinajstić information content (AvgIpc) is 3.05. The predicted octanol–water partition coefficient (Wildman–Crippen LogP) is 3.08. The average molecular weight is 283 g/mol. The van der Waals surface area contributed by atoms with Gasteiger partial charge in [-0.2, -0.15) is 0 Å². The van der Waals surface area contributed by atoms with E-state index in [2.05, 4.69) is 16.5 Å². The highest BCUT2D eigenvalue weighted by Gasteiger charge is 2.29. The van der Waals surface area contributed by atoms with Crippen LogP contribution in [0.1, 0.15) is 19.8 Å². The number of imidazole rings is 1. The Hall–Kier alpha value is -2.56. The van der Waals surface area contributed by atoms with Crippen molar-refractivity contribution in [3.8, 4) is 0 Å². The molecule has 1 aromatic carbocycles. The number of H-pyrrole nitrogens is 1. The molecule has 3 rings (SSSR count). The molecule has 0 aliphatic carbocycles. The van der Waals surface area contributed by atoms with Crippen molar-refractivity contribution < 1.29 is 9.90 Å². The maximum atomic E-state index is 12.0. The number of rotatable bonds is 4. The standard InChI is InChI=1S/C16H17N3O2/c1-3-4-15(20)12-8-19(10(2)16(12)21)11-5-6-13-14(7-11)18-9-17-13/h5-7,9,21H,2-4,8H2,1H3,(H,17,18). The monoisotopic (exact) mass is 283 g/mol. The first-order chi connectivity index (χ1) is 10.1. The second kappa shape index (κ2) is 5.09. The highest BCUT2D eigenvalue weighted by Crippen LogP contribution is 2.32. The summed E-state index contributed by atoms with van der Waals surface area (Å²) in [6.45, 7) is 6.20. The third kappa shape index (κ3) is 2.20. The topological polar surface area (TPSA) is 69.2 Å². The summed E-state index contributed by atoms with van der Waals surface area (Å²) in [5.74, 6) is -0.00456. The maximum absolute atomic E-state index is 12.0. The molecule has 5 heteroatoms. The number of benzene rings is 1. The lowest BCUT2D eigenvalue weighted by atomic mass is 10.1. The number of carbonyl (C=O) groups is 1. The van der Waals surface area contributed by atoms with E-state index in [1.807, 2.05) is 30.0 Å². The van der Waals surface area contributed by atoms with Gasteiger partial charge in [0.2, 0.25) is 0 Å². The minimum atomic E-state index is -0.0144. The SMILES string of the molecule is C=C1C(O)=C(C(=O)CCC)CN1c1ccc2[nH]cnc2c1. The molecule has 0 fully saturated rings. The van der Waals surface area contributed by atoms with Crippen molar-refractivity contribution in [1.29, 1.82) is 0 Å². The lowest BCUT2D eigenvalue weighted by Crippen LogP contribution is -2.20. The molecule has 108 valence electrons. The summed E-state index contributed by atoms with van der Waals surface area (Å²) < 4.78 is 0. The lowest BCUT2D eigenvalue weighted by molar-refractivity contribution is -0.115. The molecule has 0 spiro atoms. The molecule has 2 N–H and O–H groups in total. The number of hydrogen-bond donors (Lipinski definition) is 2. The van der Waals surface area contributed by atoms with Crippen LogP contribution in [0.4, 0.5) is 5.69 Å². The van der Waals surface area contributed by atoms with Crippen molar-refractivity contribution in [2.45, 2.75) is 19.8 Å². The summed E-state index contributed by atoms with van der Waals surface area (Å²) in [6, 6.07) is 5.76. The van der Waals surface area contributed by atoms with E-state index in [0.717, 1.165) is 23.1 Å². The summed E-state index contributed by atoms with van der Waals surface area (Å²) in [5.41, 5.74) is 3.56. The van der Waals surface area contributed by atoms with Gasteiger partial charge in [0.1, 0.15) is 5.76 Å². The number of carbonyl (C=O) groups excluding carboxylic acids is 1. The Kier molecular flexibility index (Phi) is 3.25. The van der Waals surface area contributed by atoms with Gasteiger partial charge in [0.15, 0.2) is 5.78 Å². The van der Waals surface area contributed by atoms with E-state index >= 15 is 0 Å². The molecule has 0 saturated heterocycles. The Bertz CT molecular complexity index is 758. The number of nitrogens with one attached hydrogen (secondary N) is 1. The van der Waals surface area contributed by atoms with E-state index in [0.29, 0.717) is 24.2 Å². The van der Waals surface area contributed by atoms with E-state index in [4.69, 9.17) is 0 Å². The molecule has 1 aliphatic rings. The van der Waals surface area contributed by atoms with E-state index in [9.17, 15) is 9.90 Å². The van der Waals surface area contributed by atoms with E-state index in [-0.39, 0.29) is 11.5 Å². The number of aliphatic hydroxyl groups excluding tert-OH is 1. The van der Waals surface area contributed by atoms with Gasteiger partial charge in [-0.1, -0.05) is 13.5 Å². The van der Waals surface area contributed by atoms with Crippen LogP contribution in [0.25, 0.3) is 11.0 Å². The summed E-state index contributed by atoms with van der Waals surface area (Å²) >= 11 is 0. The number of fused-ring (bicyclic) bond motifs is 1. The number of hydrogen-bond acceptors (Lipinski definition) is 4. The van der Waals surface area contributed by atoms with Crippen molar-refractivity contribution in [2.75, 3.05) is 11.4 Å². The fraction of sp³-hybridized carbons (Fsp3) is 0.250. The van der Waals surface area contributed by atoms with Gasteiger partial charge in [0.05, 0.1) is 35.2 Å². The van der Waals surface area contributed by atoms with Crippen LogP contribution in [0.2, 0.25) is 0 Å².